The molecular formula is C28H42ClF3N2O6. The molecule has 3 saturated carbocycles. The average molecular weight is 595 g/mol. The van der Waals surface area contributed by atoms with Crippen molar-refractivity contribution in [2.24, 2.45) is 34.5 Å². The number of aliphatic carboxylic acids is 1. The molecule has 6 atom stereocenters. The summed E-state index contributed by atoms with van der Waals surface area (Å²) in [5, 5.41) is 14.8. The van der Waals surface area contributed by atoms with Gasteiger partial charge < -0.3 is 20.5 Å². The number of ether oxygens (including phenoxy) is 1. The fourth-order valence-electron chi connectivity index (χ4n) is 6.86. The number of hydrogen-bond donors (Lipinski definition) is 3. The summed E-state index contributed by atoms with van der Waals surface area (Å²) < 4.78 is 44.6. The molecule has 0 aromatic carbocycles. The fraction of sp³-hybridized carbons (Fsp3) is 0.857. The van der Waals surface area contributed by atoms with Gasteiger partial charge >= 0.3 is 18.1 Å². The van der Waals surface area contributed by atoms with E-state index in [1.54, 1.807) is 20.8 Å². The first-order valence-electron chi connectivity index (χ1n) is 14.1. The van der Waals surface area contributed by atoms with Crippen molar-refractivity contribution in [2.45, 2.75) is 109 Å². The summed E-state index contributed by atoms with van der Waals surface area (Å²) in [5.74, 6) is -5.26. The number of rotatable bonds is 8. The van der Waals surface area contributed by atoms with E-state index in [0.29, 0.717) is 44.9 Å². The van der Waals surface area contributed by atoms with Crippen molar-refractivity contribution in [3.05, 3.63) is 0 Å². The van der Waals surface area contributed by atoms with Crippen LogP contribution in [-0.4, -0.2) is 59.6 Å². The lowest BCUT2D eigenvalue weighted by molar-refractivity contribution is -0.186. The molecule has 2 amide bonds. The second-order valence-corrected chi connectivity index (χ2v) is 13.2. The Hall–Kier alpha value is -2.04. The summed E-state index contributed by atoms with van der Waals surface area (Å²) in [4.78, 5) is 50.5. The van der Waals surface area contributed by atoms with Gasteiger partial charge in [0.05, 0.1) is 24.4 Å². The van der Waals surface area contributed by atoms with Crippen LogP contribution in [0.15, 0.2) is 0 Å². The molecule has 0 bridgehead atoms. The van der Waals surface area contributed by atoms with Crippen LogP contribution in [0.25, 0.3) is 0 Å². The third-order valence-corrected chi connectivity index (χ3v) is 10.7. The highest BCUT2D eigenvalue weighted by Gasteiger charge is 2.58. The summed E-state index contributed by atoms with van der Waals surface area (Å²) in [7, 11) is 1.24. The van der Waals surface area contributed by atoms with E-state index < -0.39 is 64.0 Å². The first-order valence-corrected chi connectivity index (χ1v) is 14.6. The van der Waals surface area contributed by atoms with Crippen LogP contribution in [0.2, 0.25) is 0 Å². The van der Waals surface area contributed by atoms with E-state index >= 15 is 0 Å². The number of hydrogen-bond acceptors (Lipinski definition) is 5. The molecule has 3 unspecified atom stereocenters. The molecule has 0 radical (unpaired) electrons. The standard InChI is InChI=1S/C28H42ClF3N2O6/c1-26(2)19(11-12-27(26,3)25(38)39)23(36)34-21(24(37)40-4)13-15-5-8-17(9-6-15)33-22(35)18-14-16(28(30,31)32)7-10-20(18)29/h15-21H,5-14H2,1-4H3,(H,33,35)(H,34,36)(H,38,39)/t15?,16?,17?,18?,19-,20?,21+,27+/m1/s1. The molecule has 0 saturated heterocycles. The van der Waals surface area contributed by atoms with Gasteiger partial charge in [-0.3, -0.25) is 14.4 Å². The highest BCUT2D eigenvalue weighted by molar-refractivity contribution is 6.22. The number of carboxylic acids is 1. The van der Waals surface area contributed by atoms with Crippen LogP contribution in [0, 0.1) is 34.5 Å². The van der Waals surface area contributed by atoms with E-state index in [1.165, 1.54) is 7.11 Å². The Kier molecular flexibility index (Phi) is 10.1. The highest BCUT2D eigenvalue weighted by atomic mass is 35.5. The van der Waals surface area contributed by atoms with Gasteiger partial charge in [0.1, 0.15) is 6.04 Å². The van der Waals surface area contributed by atoms with Gasteiger partial charge in [-0.1, -0.05) is 13.8 Å². The lowest BCUT2D eigenvalue weighted by Gasteiger charge is -2.38. The first-order chi connectivity index (χ1) is 18.5. The molecular weight excluding hydrogens is 553 g/mol. The van der Waals surface area contributed by atoms with Crippen molar-refractivity contribution in [1.82, 2.24) is 10.6 Å². The van der Waals surface area contributed by atoms with Gasteiger partial charge in [-0.2, -0.15) is 13.2 Å². The topological polar surface area (TPSA) is 122 Å². The minimum atomic E-state index is -4.34. The number of methoxy groups -OCH3 is 1. The quantitative estimate of drug-likeness (QED) is 0.274. The Balaban J connectivity index is 1.54. The predicted octanol–water partition coefficient (Wildman–Crippen LogP) is 4.82. The number of carbonyl (C=O) groups excluding carboxylic acids is 3. The zero-order valence-corrected chi connectivity index (χ0v) is 24.4. The summed E-state index contributed by atoms with van der Waals surface area (Å²) >= 11 is 6.24. The summed E-state index contributed by atoms with van der Waals surface area (Å²) in [6, 6.07) is -1.09. The maximum atomic E-state index is 13.2. The number of halogens is 4. The van der Waals surface area contributed by atoms with E-state index in [9.17, 15) is 37.5 Å². The van der Waals surface area contributed by atoms with Gasteiger partial charge in [0.25, 0.3) is 0 Å². The summed E-state index contributed by atoms with van der Waals surface area (Å²) in [6.07, 6.45) is -0.996. The highest BCUT2D eigenvalue weighted by Crippen LogP contribution is 2.56. The zero-order chi connectivity index (χ0) is 30.0. The van der Waals surface area contributed by atoms with Gasteiger partial charge in [0, 0.05) is 17.3 Å². The molecule has 0 spiro atoms. The molecule has 3 aliphatic carbocycles. The van der Waals surface area contributed by atoms with Gasteiger partial charge in [-0.25, -0.2) is 4.79 Å². The second kappa shape index (κ2) is 12.4. The Bertz CT molecular complexity index is 968. The van der Waals surface area contributed by atoms with Crippen LogP contribution in [0.4, 0.5) is 13.2 Å². The van der Waals surface area contributed by atoms with Gasteiger partial charge in [0.15, 0.2) is 0 Å². The molecule has 40 heavy (non-hydrogen) atoms. The van der Waals surface area contributed by atoms with Crippen molar-refractivity contribution in [3.8, 4) is 0 Å². The monoisotopic (exact) mass is 594 g/mol. The maximum absolute atomic E-state index is 13.2. The Morgan fingerprint density at radius 3 is 2.15 bits per heavy atom. The molecule has 3 fully saturated rings. The average Bonchev–Trinajstić information content (AvgIpc) is 3.13. The molecule has 12 heteroatoms. The van der Waals surface area contributed by atoms with E-state index in [2.05, 4.69) is 10.6 Å². The predicted molar refractivity (Wildman–Crippen MR) is 141 cm³/mol. The first kappa shape index (κ1) is 32.5. The molecule has 0 aromatic rings. The van der Waals surface area contributed by atoms with Crippen LogP contribution < -0.4 is 10.6 Å². The minimum absolute atomic E-state index is 0.0588. The Morgan fingerprint density at radius 1 is 1.00 bits per heavy atom. The fourth-order valence-corrected chi connectivity index (χ4v) is 7.20. The zero-order valence-electron chi connectivity index (χ0n) is 23.6. The molecule has 0 aromatic heterocycles. The van der Waals surface area contributed by atoms with E-state index in [4.69, 9.17) is 16.3 Å². The van der Waals surface area contributed by atoms with Crippen molar-refractivity contribution in [1.29, 1.82) is 0 Å². The van der Waals surface area contributed by atoms with Crippen molar-refractivity contribution in [2.75, 3.05) is 7.11 Å². The number of esters is 1. The van der Waals surface area contributed by atoms with Gasteiger partial charge in [-0.05, 0) is 82.5 Å². The third kappa shape index (κ3) is 6.87. The van der Waals surface area contributed by atoms with Gasteiger partial charge in [-0.15, -0.1) is 11.6 Å². The Morgan fingerprint density at radius 2 is 1.62 bits per heavy atom. The normalized spacial score (nSPS) is 34.9. The molecule has 3 aliphatic rings. The molecule has 8 nitrogen and oxygen atoms in total. The second-order valence-electron chi connectivity index (χ2n) is 12.7. The largest absolute Gasteiger partial charge is 0.481 e. The summed E-state index contributed by atoms with van der Waals surface area (Å²) in [6.45, 7) is 5.18. The van der Waals surface area contributed by atoms with E-state index in [-0.39, 0.29) is 37.1 Å². The third-order valence-electron chi connectivity index (χ3n) is 10.1. The maximum Gasteiger partial charge on any atom is 0.391 e. The van der Waals surface area contributed by atoms with Crippen LogP contribution in [-0.2, 0) is 23.9 Å². The molecule has 3 N–H and O–H groups in total. The molecule has 3 rings (SSSR count). The molecule has 228 valence electrons. The lowest BCUT2D eigenvalue weighted by Crippen LogP contribution is -2.50. The van der Waals surface area contributed by atoms with Crippen LogP contribution in [0.5, 0.6) is 0 Å². The van der Waals surface area contributed by atoms with Crippen LogP contribution >= 0.6 is 11.6 Å². The SMILES string of the molecule is COC(=O)[C@H](CC1CCC(NC(=O)C2CC(C(F)(F)F)CCC2Cl)CC1)NC(=O)[C@H]1CC[C@@](C)(C(=O)O)C1(C)C. The van der Waals surface area contributed by atoms with Crippen LogP contribution in [0.1, 0.15) is 85.0 Å². The van der Waals surface area contributed by atoms with E-state index in [0.717, 1.165) is 0 Å². The number of alkyl halides is 4. The molecule has 0 aliphatic heterocycles. The Labute approximate surface area is 238 Å². The number of carboxylic acid groups (broad SMARTS) is 1. The van der Waals surface area contributed by atoms with Crippen LogP contribution in [0.3, 0.4) is 0 Å². The van der Waals surface area contributed by atoms with Gasteiger partial charge in [0.2, 0.25) is 11.8 Å². The molecule has 0 heterocycles. The smallest absolute Gasteiger partial charge is 0.391 e. The number of carbonyl (C=O) groups is 4. The van der Waals surface area contributed by atoms with Crippen molar-refractivity contribution < 1.29 is 42.2 Å². The number of amides is 2. The van der Waals surface area contributed by atoms with E-state index in [1.807, 2.05) is 0 Å². The van der Waals surface area contributed by atoms with Crippen molar-refractivity contribution >= 4 is 35.4 Å². The number of nitrogens with one attached hydrogen (secondary N) is 2. The van der Waals surface area contributed by atoms with Crippen molar-refractivity contribution in [3.63, 3.8) is 0 Å². The lowest BCUT2D eigenvalue weighted by atomic mass is 9.65. The minimum Gasteiger partial charge on any atom is -0.481 e. The summed E-state index contributed by atoms with van der Waals surface area (Å²) in [5.41, 5.74) is -1.88.